The number of rotatable bonds is 3. The van der Waals surface area contributed by atoms with Crippen molar-refractivity contribution in [1.82, 2.24) is 5.32 Å². The lowest BCUT2D eigenvalue weighted by molar-refractivity contribution is -0.135. The molecule has 0 aromatic heterocycles. The van der Waals surface area contributed by atoms with Crippen molar-refractivity contribution in [3.63, 3.8) is 0 Å². The minimum absolute atomic E-state index is 0.0755. The molecule has 1 aromatic carbocycles. The van der Waals surface area contributed by atoms with Crippen molar-refractivity contribution in [1.29, 1.82) is 0 Å². The third kappa shape index (κ3) is 2.87. The highest BCUT2D eigenvalue weighted by molar-refractivity contribution is 5.96. The first-order chi connectivity index (χ1) is 7.00. The van der Waals surface area contributed by atoms with Crippen molar-refractivity contribution in [2.45, 2.75) is 0 Å². The van der Waals surface area contributed by atoms with Gasteiger partial charge in [-0.2, -0.15) is 0 Å². The maximum atomic E-state index is 11.2. The molecule has 1 aromatic rings. The lowest BCUT2D eigenvalue weighted by Gasteiger charge is -2.03. The van der Waals surface area contributed by atoms with Crippen LogP contribution in [0.3, 0.4) is 0 Å². The molecule has 0 fully saturated rings. The van der Waals surface area contributed by atoms with E-state index in [1.54, 1.807) is 0 Å². The zero-order valence-electron chi connectivity index (χ0n) is 7.60. The molecule has 1 rings (SSSR count). The van der Waals surface area contributed by atoms with Crippen LogP contribution >= 0.6 is 0 Å². The van der Waals surface area contributed by atoms with Gasteiger partial charge in [-0.05, 0) is 18.2 Å². The van der Waals surface area contributed by atoms with Crippen molar-refractivity contribution >= 4 is 11.9 Å². The number of aromatic hydroxyl groups is 2. The fraction of sp³-hybridized carbons (Fsp3) is 0.111. The van der Waals surface area contributed by atoms with Crippen molar-refractivity contribution in [3.05, 3.63) is 23.8 Å². The Labute approximate surface area is 84.8 Å². The molecule has 0 heterocycles. The molecule has 6 nitrogen and oxygen atoms in total. The fourth-order valence-corrected chi connectivity index (χ4v) is 0.923. The van der Waals surface area contributed by atoms with Crippen molar-refractivity contribution in [3.8, 4) is 11.5 Å². The van der Waals surface area contributed by atoms with Gasteiger partial charge in [0.25, 0.3) is 5.91 Å². The van der Waals surface area contributed by atoms with Gasteiger partial charge in [-0.3, -0.25) is 9.59 Å². The Balaban J connectivity index is 2.74. The van der Waals surface area contributed by atoms with E-state index in [0.29, 0.717) is 0 Å². The number of carbonyl (C=O) groups excluding carboxylic acids is 1. The smallest absolute Gasteiger partial charge is 0.322 e. The molecule has 0 saturated heterocycles. The van der Waals surface area contributed by atoms with Crippen LogP contribution in [0, 0.1) is 0 Å². The summed E-state index contributed by atoms with van der Waals surface area (Å²) in [5, 5.41) is 28.5. The van der Waals surface area contributed by atoms with Crippen LogP contribution in [0.5, 0.6) is 11.5 Å². The second kappa shape index (κ2) is 4.32. The zero-order valence-corrected chi connectivity index (χ0v) is 7.60. The summed E-state index contributed by atoms with van der Waals surface area (Å²) in [4.78, 5) is 21.4. The van der Waals surface area contributed by atoms with Crippen LogP contribution in [0.1, 0.15) is 10.4 Å². The normalized spacial score (nSPS) is 9.60. The molecular formula is C9H9NO5. The molecule has 1 amide bonds. The van der Waals surface area contributed by atoms with E-state index >= 15 is 0 Å². The second-order valence-corrected chi connectivity index (χ2v) is 2.78. The number of nitrogens with one attached hydrogen (secondary N) is 1. The quantitative estimate of drug-likeness (QED) is 0.523. The van der Waals surface area contributed by atoms with E-state index in [2.05, 4.69) is 5.32 Å². The maximum absolute atomic E-state index is 11.2. The second-order valence-electron chi connectivity index (χ2n) is 2.78. The van der Waals surface area contributed by atoms with Gasteiger partial charge >= 0.3 is 5.97 Å². The molecule has 0 bridgehead atoms. The molecule has 0 saturated carbocycles. The Morgan fingerprint density at radius 3 is 2.40 bits per heavy atom. The Morgan fingerprint density at radius 2 is 1.87 bits per heavy atom. The molecule has 15 heavy (non-hydrogen) atoms. The summed E-state index contributed by atoms with van der Waals surface area (Å²) in [5.74, 6) is -2.57. The van der Waals surface area contributed by atoms with E-state index in [1.165, 1.54) is 6.07 Å². The number of carboxylic acids is 1. The summed E-state index contributed by atoms with van der Waals surface area (Å²) in [6, 6.07) is 3.46. The molecule has 0 aliphatic heterocycles. The van der Waals surface area contributed by atoms with Gasteiger partial charge < -0.3 is 20.6 Å². The SMILES string of the molecule is O=C(O)CNC(=O)c1ccc(O)c(O)c1. The number of aliphatic carboxylic acids is 1. The zero-order chi connectivity index (χ0) is 11.4. The van der Waals surface area contributed by atoms with Gasteiger partial charge in [0.15, 0.2) is 11.5 Å². The summed E-state index contributed by atoms with van der Waals surface area (Å²) >= 11 is 0. The van der Waals surface area contributed by atoms with Crippen LogP contribution in [0.15, 0.2) is 18.2 Å². The summed E-state index contributed by atoms with van der Waals surface area (Å²) in [6.07, 6.45) is 0. The van der Waals surface area contributed by atoms with Crippen molar-refractivity contribution < 1.29 is 24.9 Å². The summed E-state index contributed by atoms with van der Waals surface area (Å²) in [7, 11) is 0. The standard InChI is InChI=1S/C9H9NO5/c11-6-2-1-5(3-7(6)12)9(15)10-4-8(13)14/h1-3,11-12H,4H2,(H,10,15)(H,13,14). The van der Waals surface area contributed by atoms with Crippen LogP contribution in [0.4, 0.5) is 0 Å². The van der Waals surface area contributed by atoms with Gasteiger partial charge in [0, 0.05) is 5.56 Å². The molecule has 0 aliphatic rings. The third-order valence-electron chi connectivity index (χ3n) is 1.64. The van der Waals surface area contributed by atoms with E-state index in [0.717, 1.165) is 12.1 Å². The molecule has 0 spiro atoms. The number of carbonyl (C=O) groups is 2. The van der Waals surface area contributed by atoms with Crippen molar-refractivity contribution in [2.24, 2.45) is 0 Å². The summed E-state index contributed by atoms with van der Waals surface area (Å²) in [5.41, 5.74) is 0.0755. The lowest BCUT2D eigenvalue weighted by atomic mass is 10.2. The first kappa shape index (κ1) is 10.8. The van der Waals surface area contributed by atoms with Gasteiger partial charge in [0.2, 0.25) is 0 Å². The van der Waals surface area contributed by atoms with Crippen LogP contribution < -0.4 is 5.32 Å². The van der Waals surface area contributed by atoms with Gasteiger partial charge in [-0.25, -0.2) is 0 Å². The topological polar surface area (TPSA) is 107 Å². The fourth-order valence-electron chi connectivity index (χ4n) is 0.923. The van der Waals surface area contributed by atoms with E-state index in [9.17, 15) is 9.59 Å². The molecule has 4 N–H and O–H groups in total. The predicted octanol–water partition coefficient (Wildman–Crippen LogP) is -0.0878. The minimum atomic E-state index is -1.16. The Kier molecular flexibility index (Phi) is 3.12. The highest BCUT2D eigenvalue weighted by atomic mass is 16.4. The Morgan fingerprint density at radius 1 is 1.20 bits per heavy atom. The van der Waals surface area contributed by atoms with Gasteiger partial charge in [0.1, 0.15) is 6.54 Å². The highest BCUT2D eigenvalue weighted by Crippen LogP contribution is 2.24. The number of phenolic OH excluding ortho intramolecular Hbond substituents is 2. The molecule has 80 valence electrons. The predicted molar refractivity (Wildman–Crippen MR) is 49.7 cm³/mol. The molecule has 6 heteroatoms. The first-order valence-electron chi connectivity index (χ1n) is 4.02. The summed E-state index contributed by atoms with van der Waals surface area (Å²) in [6.45, 7) is -0.500. The van der Waals surface area contributed by atoms with Crippen LogP contribution in [0.2, 0.25) is 0 Å². The van der Waals surface area contributed by atoms with Gasteiger partial charge in [-0.1, -0.05) is 0 Å². The van der Waals surface area contributed by atoms with Gasteiger partial charge in [-0.15, -0.1) is 0 Å². The molecule has 0 unspecified atom stereocenters. The van der Waals surface area contributed by atoms with Crippen molar-refractivity contribution in [2.75, 3.05) is 6.54 Å². The number of benzene rings is 1. The maximum Gasteiger partial charge on any atom is 0.322 e. The molecule has 0 radical (unpaired) electrons. The average Bonchev–Trinajstić information content (AvgIpc) is 2.18. The number of amides is 1. The van der Waals surface area contributed by atoms with E-state index in [4.69, 9.17) is 15.3 Å². The molecule has 0 aliphatic carbocycles. The van der Waals surface area contributed by atoms with E-state index < -0.39 is 24.2 Å². The van der Waals surface area contributed by atoms with E-state index in [-0.39, 0.29) is 11.3 Å². The van der Waals surface area contributed by atoms with Crippen LogP contribution in [-0.2, 0) is 4.79 Å². The minimum Gasteiger partial charge on any atom is -0.504 e. The monoisotopic (exact) mass is 211 g/mol. The third-order valence-corrected chi connectivity index (χ3v) is 1.64. The van der Waals surface area contributed by atoms with E-state index in [1.807, 2.05) is 0 Å². The molecular weight excluding hydrogens is 202 g/mol. The number of hydrogen-bond donors (Lipinski definition) is 4. The average molecular weight is 211 g/mol. The Bertz CT molecular complexity index is 401. The van der Waals surface area contributed by atoms with Gasteiger partial charge in [0.05, 0.1) is 0 Å². The first-order valence-corrected chi connectivity index (χ1v) is 4.02. The number of phenols is 2. The summed E-state index contributed by atoms with van der Waals surface area (Å²) < 4.78 is 0. The molecule has 0 atom stereocenters. The van der Waals surface area contributed by atoms with Crippen LogP contribution in [-0.4, -0.2) is 33.7 Å². The largest absolute Gasteiger partial charge is 0.504 e. The highest BCUT2D eigenvalue weighted by Gasteiger charge is 2.09. The number of carboxylic acid groups (broad SMARTS) is 1. The lowest BCUT2D eigenvalue weighted by Crippen LogP contribution is -2.29. The van der Waals surface area contributed by atoms with Crippen LogP contribution in [0.25, 0.3) is 0 Å². The Hall–Kier alpha value is -2.24. The number of hydrogen-bond acceptors (Lipinski definition) is 4.